The lowest BCUT2D eigenvalue weighted by Gasteiger charge is -2.13. The topological polar surface area (TPSA) is 72.2 Å². The molecule has 0 saturated carbocycles. The first-order valence-corrected chi connectivity index (χ1v) is 6.92. The Balaban J connectivity index is 2.93. The first kappa shape index (κ1) is 13.9. The predicted molar refractivity (Wildman–Crippen MR) is 65.5 cm³/mol. The molecule has 0 aliphatic carbocycles. The SMILES string of the molecule is CCCC(C)NS(=O)(=O)c1ccc(N)c(F)c1. The summed E-state index contributed by atoms with van der Waals surface area (Å²) in [7, 11) is -3.67. The second-order valence-electron chi connectivity index (χ2n) is 3.99. The van der Waals surface area contributed by atoms with Gasteiger partial charge >= 0.3 is 0 Å². The molecule has 0 aliphatic rings. The molecule has 0 amide bonds. The molecule has 1 rings (SSSR count). The summed E-state index contributed by atoms with van der Waals surface area (Å²) in [6, 6.07) is 3.29. The molecule has 0 saturated heterocycles. The van der Waals surface area contributed by atoms with E-state index in [1.54, 1.807) is 6.92 Å². The van der Waals surface area contributed by atoms with E-state index in [0.29, 0.717) is 0 Å². The third-order valence-electron chi connectivity index (χ3n) is 2.36. The van der Waals surface area contributed by atoms with Crippen LogP contribution >= 0.6 is 0 Å². The lowest BCUT2D eigenvalue weighted by atomic mass is 10.2. The number of halogens is 1. The van der Waals surface area contributed by atoms with Crippen molar-refractivity contribution in [1.82, 2.24) is 4.72 Å². The van der Waals surface area contributed by atoms with Crippen LogP contribution in [-0.4, -0.2) is 14.5 Å². The third-order valence-corrected chi connectivity index (χ3v) is 3.95. The maximum absolute atomic E-state index is 13.2. The molecule has 6 heteroatoms. The monoisotopic (exact) mass is 260 g/mol. The molecule has 17 heavy (non-hydrogen) atoms. The highest BCUT2D eigenvalue weighted by molar-refractivity contribution is 7.89. The van der Waals surface area contributed by atoms with Crippen LogP contribution in [0, 0.1) is 5.82 Å². The van der Waals surface area contributed by atoms with Gasteiger partial charge < -0.3 is 5.73 Å². The van der Waals surface area contributed by atoms with Gasteiger partial charge in [-0.2, -0.15) is 0 Å². The van der Waals surface area contributed by atoms with E-state index in [0.717, 1.165) is 18.9 Å². The number of nitrogens with two attached hydrogens (primary N) is 1. The molecule has 4 nitrogen and oxygen atoms in total. The van der Waals surface area contributed by atoms with Crippen LogP contribution in [0.5, 0.6) is 0 Å². The molecular weight excluding hydrogens is 243 g/mol. The van der Waals surface area contributed by atoms with Crippen LogP contribution in [0.25, 0.3) is 0 Å². The quantitative estimate of drug-likeness (QED) is 0.794. The third kappa shape index (κ3) is 3.67. The van der Waals surface area contributed by atoms with Crippen LogP contribution in [0.2, 0.25) is 0 Å². The van der Waals surface area contributed by atoms with Crippen molar-refractivity contribution in [2.45, 2.75) is 37.6 Å². The smallest absolute Gasteiger partial charge is 0.240 e. The van der Waals surface area contributed by atoms with Crippen molar-refractivity contribution < 1.29 is 12.8 Å². The normalized spacial score (nSPS) is 13.6. The average molecular weight is 260 g/mol. The van der Waals surface area contributed by atoms with Crippen LogP contribution in [0.15, 0.2) is 23.1 Å². The summed E-state index contributed by atoms with van der Waals surface area (Å²) in [5.74, 6) is -0.726. The molecule has 0 aliphatic heterocycles. The Morgan fingerprint density at radius 2 is 2.12 bits per heavy atom. The molecule has 1 aromatic rings. The van der Waals surface area contributed by atoms with Crippen LogP contribution < -0.4 is 10.5 Å². The Labute approximate surface area is 101 Å². The zero-order valence-corrected chi connectivity index (χ0v) is 10.7. The summed E-state index contributed by atoms with van der Waals surface area (Å²) < 4.78 is 39.4. The molecule has 1 aromatic carbocycles. The second kappa shape index (κ2) is 5.46. The van der Waals surface area contributed by atoms with E-state index in [4.69, 9.17) is 5.73 Å². The van der Waals surface area contributed by atoms with Gasteiger partial charge in [0.05, 0.1) is 10.6 Å². The van der Waals surface area contributed by atoms with Gasteiger partial charge in [-0.3, -0.25) is 0 Å². The van der Waals surface area contributed by atoms with E-state index >= 15 is 0 Å². The second-order valence-corrected chi connectivity index (χ2v) is 5.71. The van der Waals surface area contributed by atoms with E-state index in [1.807, 2.05) is 6.92 Å². The van der Waals surface area contributed by atoms with E-state index in [2.05, 4.69) is 4.72 Å². The maximum atomic E-state index is 13.2. The largest absolute Gasteiger partial charge is 0.396 e. The Hall–Kier alpha value is -1.14. The zero-order valence-electron chi connectivity index (χ0n) is 9.90. The van der Waals surface area contributed by atoms with Crippen molar-refractivity contribution in [3.63, 3.8) is 0 Å². The molecule has 0 heterocycles. The van der Waals surface area contributed by atoms with Gasteiger partial charge in [0.25, 0.3) is 0 Å². The van der Waals surface area contributed by atoms with Crippen molar-refractivity contribution in [3.8, 4) is 0 Å². The highest BCUT2D eigenvalue weighted by Gasteiger charge is 2.18. The fraction of sp³-hybridized carbons (Fsp3) is 0.455. The fourth-order valence-corrected chi connectivity index (χ4v) is 2.79. The van der Waals surface area contributed by atoms with Crippen LogP contribution in [-0.2, 0) is 10.0 Å². The van der Waals surface area contributed by atoms with Gasteiger partial charge in [-0.1, -0.05) is 13.3 Å². The minimum atomic E-state index is -3.67. The first-order chi connectivity index (χ1) is 7.86. The number of benzene rings is 1. The molecule has 96 valence electrons. The van der Waals surface area contributed by atoms with E-state index in [1.165, 1.54) is 12.1 Å². The van der Waals surface area contributed by atoms with Crippen molar-refractivity contribution in [2.24, 2.45) is 0 Å². The Morgan fingerprint density at radius 3 is 2.65 bits per heavy atom. The molecule has 3 N–H and O–H groups in total. The number of anilines is 1. The lowest BCUT2D eigenvalue weighted by Crippen LogP contribution is -2.32. The van der Waals surface area contributed by atoms with Crippen LogP contribution in [0.1, 0.15) is 26.7 Å². The van der Waals surface area contributed by atoms with Gasteiger partial charge in [0.2, 0.25) is 10.0 Å². The fourth-order valence-electron chi connectivity index (χ4n) is 1.50. The molecule has 0 fully saturated rings. The van der Waals surface area contributed by atoms with Crippen LogP contribution in [0.3, 0.4) is 0 Å². The number of hydrogen-bond donors (Lipinski definition) is 2. The van der Waals surface area contributed by atoms with E-state index in [-0.39, 0.29) is 16.6 Å². The first-order valence-electron chi connectivity index (χ1n) is 5.44. The van der Waals surface area contributed by atoms with Gasteiger partial charge in [-0.05, 0) is 31.5 Å². The van der Waals surface area contributed by atoms with Crippen LogP contribution in [0.4, 0.5) is 10.1 Å². The number of rotatable bonds is 5. The molecule has 0 aromatic heterocycles. The highest BCUT2D eigenvalue weighted by atomic mass is 32.2. The molecule has 0 bridgehead atoms. The van der Waals surface area contributed by atoms with E-state index < -0.39 is 15.8 Å². The molecule has 1 unspecified atom stereocenters. The van der Waals surface area contributed by atoms with Crippen molar-refractivity contribution >= 4 is 15.7 Å². The lowest BCUT2D eigenvalue weighted by molar-refractivity contribution is 0.542. The minimum Gasteiger partial charge on any atom is -0.396 e. The summed E-state index contributed by atoms with van der Waals surface area (Å²) >= 11 is 0. The summed E-state index contributed by atoms with van der Waals surface area (Å²) in [6.45, 7) is 3.74. The zero-order chi connectivity index (χ0) is 13.1. The van der Waals surface area contributed by atoms with Crippen molar-refractivity contribution in [2.75, 3.05) is 5.73 Å². The Bertz CT molecular complexity index is 488. The van der Waals surface area contributed by atoms with Gasteiger partial charge in [-0.25, -0.2) is 17.5 Å². The average Bonchev–Trinajstić information content (AvgIpc) is 2.21. The van der Waals surface area contributed by atoms with Gasteiger partial charge in [0.15, 0.2) is 0 Å². The number of sulfonamides is 1. The molecule has 1 atom stereocenters. The number of hydrogen-bond acceptors (Lipinski definition) is 3. The Kier molecular flexibility index (Phi) is 4.47. The predicted octanol–water partition coefficient (Wildman–Crippen LogP) is 1.87. The Morgan fingerprint density at radius 1 is 1.47 bits per heavy atom. The maximum Gasteiger partial charge on any atom is 0.240 e. The summed E-state index contributed by atoms with van der Waals surface area (Å²) in [5, 5.41) is 0. The van der Waals surface area contributed by atoms with Crippen molar-refractivity contribution in [3.05, 3.63) is 24.0 Å². The van der Waals surface area contributed by atoms with Gasteiger partial charge in [0.1, 0.15) is 5.82 Å². The summed E-state index contributed by atoms with van der Waals surface area (Å²) in [5.41, 5.74) is 5.23. The summed E-state index contributed by atoms with van der Waals surface area (Å²) in [6.07, 6.45) is 1.61. The van der Waals surface area contributed by atoms with Gasteiger partial charge in [-0.15, -0.1) is 0 Å². The molecule has 0 radical (unpaired) electrons. The van der Waals surface area contributed by atoms with Gasteiger partial charge in [0, 0.05) is 6.04 Å². The van der Waals surface area contributed by atoms with E-state index in [9.17, 15) is 12.8 Å². The highest BCUT2D eigenvalue weighted by Crippen LogP contribution is 2.16. The standard InChI is InChI=1S/C11H17FN2O2S/c1-3-4-8(2)14-17(15,16)9-5-6-11(13)10(12)7-9/h5-8,14H,3-4,13H2,1-2H3. The van der Waals surface area contributed by atoms with Crippen molar-refractivity contribution in [1.29, 1.82) is 0 Å². The number of nitrogens with one attached hydrogen (secondary N) is 1. The summed E-state index contributed by atoms with van der Waals surface area (Å²) in [4.78, 5) is -0.104. The minimum absolute atomic E-state index is 0.0643. The number of nitrogen functional groups attached to an aromatic ring is 1. The molecule has 0 spiro atoms. The molecular formula is C11H17FN2O2S.